The van der Waals surface area contributed by atoms with Crippen molar-refractivity contribution >= 4 is 24.2 Å². The molecule has 1 N–H and O–H groups in total. The third-order valence-electron chi connectivity index (χ3n) is 4.76. The molecule has 2 aliphatic heterocycles. The summed E-state index contributed by atoms with van der Waals surface area (Å²) in [6, 6.07) is 6.10. The summed E-state index contributed by atoms with van der Waals surface area (Å²) >= 11 is 0. The van der Waals surface area contributed by atoms with E-state index in [0.717, 1.165) is 25.8 Å². The van der Waals surface area contributed by atoms with E-state index in [2.05, 4.69) is 5.32 Å². The van der Waals surface area contributed by atoms with Crippen LogP contribution in [-0.4, -0.2) is 60.4 Å². The summed E-state index contributed by atoms with van der Waals surface area (Å²) < 4.78 is 13.2. The second-order valence-corrected chi connectivity index (χ2v) is 6.52. The highest BCUT2D eigenvalue weighted by Gasteiger charge is 2.28. The highest BCUT2D eigenvalue weighted by Crippen LogP contribution is 2.13. The van der Waals surface area contributed by atoms with E-state index in [1.165, 1.54) is 12.1 Å². The average molecular weight is 370 g/mol. The highest BCUT2D eigenvalue weighted by molar-refractivity contribution is 5.85. The number of hydrogen-bond acceptors (Lipinski definition) is 3. The average Bonchev–Trinajstić information content (AvgIpc) is 2.98. The van der Waals surface area contributed by atoms with Crippen LogP contribution in [0.3, 0.4) is 0 Å². The van der Waals surface area contributed by atoms with Gasteiger partial charge >= 0.3 is 0 Å². The van der Waals surface area contributed by atoms with Gasteiger partial charge in [-0.3, -0.25) is 9.59 Å². The lowest BCUT2D eigenvalue weighted by Gasteiger charge is -2.24. The quantitative estimate of drug-likeness (QED) is 0.880. The van der Waals surface area contributed by atoms with Gasteiger partial charge in [-0.05, 0) is 43.5 Å². The molecule has 0 saturated carbocycles. The predicted molar refractivity (Wildman–Crippen MR) is 96.2 cm³/mol. The Bertz CT molecular complexity index is 608. The van der Waals surface area contributed by atoms with E-state index >= 15 is 0 Å². The van der Waals surface area contributed by atoms with Crippen LogP contribution in [0.15, 0.2) is 24.3 Å². The summed E-state index contributed by atoms with van der Waals surface area (Å²) in [6.07, 6.45) is 2.93. The van der Waals surface area contributed by atoms with Crippen LogP contribution in [0.1, 0.15) is 24.8 Å². The molecule has 25 heavy (non-hydrogen) atoms. The summed E-state index contributed by atoms with van der Waals surface area (Å²) in [5.41, 5.74) is 0.687. The Labute approximate surface area is 154 Å². The van der Waals surface area contributed by atoms with Crippen molar-refractivity contribution in [2.45, 2.75) is 31.7 Å². The Balaban J connectivity index is 0.00000225. The summed E-state index contributed by atoms with van der Waals surface area (Å²) in [5.74, 6) is -0.169. The van der Waals surface area contributed by atoms with E-state index in [4.69, 9.17) is 0 Å². The van der Waals surface area contributed by atoms with Crippen LogP contribution in [0.5, 0.6) is 0 Å². The van der Waals surface area contributed by atoms with Gasteiger partial charge < -0.3 is 15.1 Å². The van der Waals surface area contributed by atoms with Gasteiger partial charge in [-0.25, -0.2) is 4.39 Å². The number of carbonyl (C=O) groups excluding carboxylic acids is 2. The molecule has 1 unspecified atom stereocenters. The lowest BCUT2D eigenvalue weighted by Crippen LogP contribution is -2.45. The predicted octanol–water partition coefficient (Wildman–Crippen LogP) is 1.60. The molecule has 2 saturated heterocycles. The van der Waals surface area contributed by atoms with Crippen LogP contribution >= 0.6 is 12.4 Å². The van der Waals surface area contributed by atoms with Crippen LogP contribution in [0.2, 0.25) is 0 Å². The maximum Gasteiger partial charge on any atom is 0.239 e. The molecule has 0 radical (unpaired) electrons. The maximum absolute atomic E-state index is 13.2. The Morgan fingerprint density at radius 1 is 1.12 bits per heavy atom. The second-order valence-electron chi connectivity index (χ2n) is 6.52. The first-order valence-electron chi connectivity index (χ1n) is 8.68. The molecule has 0 aliphatic carbocycles. The molecule has 1 atom stereocenters. The first-order chi connectivity index (χ1) is 11.6. The Kier molecular flexibility index (Phi) is 7.20. The number of rotatable bonds is 3. The third-order valence-corrected chi connectivity index (χ3v) is 4.76. The molecular formula is C18H25ClFN3O2. The molecule has 2 amide bonds. The fraction of sp³-hybridized carbons (Fsp3) is 0.556. The van der Waals surface area contributed by atoms with Crippen LogP contribution in [0, 0.1) is 5.82 Å². The molecule has 2 fully saturated rings. The van der Waals surface area contributed by atoms with Crippen molar-refractivity contribution in [3.63, 3.8) is 0 Å². The van der Waals surface area contributed by atoms with Gasteiger partial charge in [0.1, 0.15) is 5.82 Å². The molecule has 2 aliphatic rings. The summed E-state index contributed by atoms with van der Waals surface area (Å²) in [7, 11) is 0. The Morgan fingerprint density at radius 3 is 2.60 bits per heavy atom. The molecule has 1 aromatic rings. The minimum absolute atomic E-state index is 0. The zero-order chi connectivity index (χ0) is 16.9. The Hall–Kier alpha value is -1.66. The fourth-order valence-electron chi connectivity index (χ4n) is 3.44. The van der Waals surface area contributed by atoms with E-state index in [1.54, 1.807) is 17.0 Å². The number of amides is 2. The lowest BCUT2D eigenvalue weighted by atomic mass is 10.1. The smallest absolute Gasteiger partial charge is 0.239 e. The topological polar surface area (TPSA) is 52.7 Å². The molecule has 3 rings (SSSR count). The van der Waals surface area contributed by atoms with Crippen molar-refractivity contribution < 1.29 is 14.0 Å². The van der Waals surface area contributed by atoms with Gasteiger partial charge in [0.25, 0.3) is 0 Å². The summed E-state index contributed by atoms with van der Waals surface area (Å²) in [6.45, 7) is 3.37. The maximum atomic E-state index is 13.2. The number of nitrogens with one attached hydrogen (secondary N) is 1. The van der Waals surface area contributed by atoms with E-state index in [-0.39, 0.29) is 42.5 Å². The standard InChI is InChI=1S/C18H24FN3O2.ClH/c19-15-5-1-4-14(12-15)13-17(23)21-8-3-9-22(11-10-21)18(24)16-6-2-7-20-16;/h1,4-5,12,16,20H,2-3,6-11,13H2;1H. The minimum Gasteiger partial charge on any atom is -0.341 e. The monoisotopic (exact) mass is 369 g/mol. The Morgan fingerprint density at radius 2 is 1.88 bits per heavy atom. The van der Waals surface area contributed by atoms with Gasteiger partial charge in [-0.15, -0.1) is 12.4 Å². The van der Waals surface area contributed by atoms with Crippen LogP contribution in [0.4, 0.5) is 4.39 Å². The SMILES string of the molecule is Cl.O=C(Cc1cccc(F)c1)N1CCCN(C(=O)C2CCCN2)CC1. The van der Waals surface area contributed by atoms with E-state index in [9.17, 15) is 14.0 Å². The molecule has 2 heterocycles. The highest BCUT2D eigenvalue weighted by atomic mass is 35.5. The minimum atomic E-state index is -0.322. The van der Waals surface area contributed by atoms with Crippen molar-refractivity contribution in [2.24, 2.45) is 0 Å². The van der Waals surface area contributed by atoms with E-state index < -0.39 is 0 Å². The van der Waals surface area contributed by atoms with Crippen molar-refractivity contribution in [3.05, 3.63) is 35.6 Å². The van der Waals surface area contributed by atoms with Crippen molar-refractivity contribution in [2.75, 3.05) is 32.7 Å². The summed E-state index contributed by atoms with van der Waals surface area (Å²) in [5, 5.41) is 3.24. The van der Waals surface area contributed by atoms with Crippen LogP contribution in [-0.2, 0) is 16.0 Å². The zero-order valence-electron chi connectivity index (χ0n) is 14.2. The van der Waals surface area contributed by atoms with Gasteiger partial charge in [0, 0.05) is 26.2 Å². The van der Waals surface area contributed by atoms with Crippen molar-refractivity contribution in [1.82, 2.24) is 15.1 Å². The number of carbonyl (C=O) groups is 2. The van der Waals surface area contributed by atoms with Crippen LogP contribution < -0.4 is 5.32 Å². The first-order valence-corrected chi connectivity index (χ1v) is 8.68. The van der Waals surface area contributed by atoms with Crippen LogP contribution in [0.25, 0.3) is 0 Å². The second kappa shape index (κ2) is 9.15. The van der Waals surface area contributed by atoms with Gasteiger partial charge in [-0.1, -0.05) is 12.1 Å². The molecule has 7 heteroatoms. The fourth-order valence-corrected chi connectivity index (χ4v) is 3.44. The number of benzene rings is 1. The molecule has 0 spiro atoms. The van der Waals surface area contributed by atoms with Gasteiger partial charge in [0.15, 0.2) is 0 Å². The van der Waals surface area contributed by atoms with Gasteiger partial charge in [0.2, 0.25) is 11.8 Å². The molecule has 0 bridgehead atoms. The molecule has 138 valence electrons. The largest absolute Gasteiger partial charge is 0.341 e. The normalized spacial score (nSPS) is 20.8. The molecular weight excluding hydrogens is 345 g/mol. The lowest BCUT2D eigenvalue weighted by molar-refractivity contribution is -0.134. The molecule has 5 nitrogen and oxygen atoms in total. The molecule has 1 aromatic carbocycles. The third kappa shape index (κ3) is 5.16. The zero-order valence-corrected chi connectivity index (χ0v) is 15.1. The number of nitrogens with zero attached hydrogens (tertiary/aromatic N) is 2. The van der Waals surface area contributed by atoms with E-state index in [0.29, 0.717) is 31.7 Å². The van der Waals surface area contributed by atoms with Crippen molar-refractivity contribution in [3.8, 4) is 0 Å². The first kappa shape index (κ1) is 19.7. The number of hydrogen-bond donors (Lipinski definition) is 1. The van der Waals surface area contributed by atoms with E-state index in [1.807, 2.05) is 4.90 Å². The van der Waals surface area contributed by atoms with Gasteiger partial charge in [0.05, 0.1) is 12.5 Å². The number of halogens is 2. The summed E-state index contributed by atoms with van der Waals surface area (Å²) in [4.78, 5) is 28.6. The van der Waals surface area contributed by atoms with Gasteiger partial charge in [-0.2, -0.15) is 0 Å². The van der Waals surface area contributed by atoms with Crippen molar-refractivity contribution in [1.29, 1.82) is 0 Å². The molecule has 0 aromatic heterocycles.